The van der Waals surface area contributed by atoms with Crippen molar-refractivity contribution in [1.82, 2.24) is 4.31 Å². The van der Waals surface area contributed by atoms with Gasteiger partial charge in [-0.1, -0.05) is 18.2 Å². The quantitative estimate of drug-likeness (QED) is 0.664. The molecule has 1 unspecified atom stereocenters. The molecule has 3 rings (SSSR count). The molecule has 1 heterocycles. The first-order chi connectivity index (χ1) is 12.1. The smallest absolute Gasteiger partial charge is 0.243 e. The second kappa shape index (κ2) is 6.53. The number of hydrogen-bond donors (Lipinski definition) is 0. The normalized spacial score (nSPS) is 14.0. The summed E-state index contributed by atoms with van der Waals surface area (Å²) in [7, 11) is -5.72. The number of benzene rings is 2. The van der Waals surface area contributed by atoms with Gasteiger partial charge in [0.15, 0.2) is 9.84 Å². The summed E-state index contributed by atoms with van der Waals surface area (Å²) in [5, 5.41) is 0.901. The van der Waals surface area contributed by atoms with E-state index < -0.39 is 25.9 Å². The van der Waals surface area contributed by atoms with E-state index >= 15 is 0 Å². The Bertz CT molecular complexity index is 1110. The molecular formula is C18H19NO5S2. The maximum atomic E-state index is 12.9. The maximum absolute atomic E-state index is 12.9. The van der Waals surface area contributed by atoms with Crippen molar-refractivity contribution in [2.45, 2.75) is 22.8 Å². The lowest BCUT2D eigenvalue weighted by Gasteiger charge is -2.22. The van der Waals surface area contributed by atoms with Crippen LogP contribution in [-0.2, 0) is 19.9 Å². The van der Waals surface area contributed by atoms with Crippen molar-refractivity contribution in [3.63, 3.8) is 0 Å². The van der Waals surface area contributed by atoms with Crippen LogP contribution in [0.5, 0.6) is 0 Å². The van der Waals surface area contributed by atoms with Gasteiger partial charge in [-0.25, -0.2) is 16.8 Å². The van der Waals surface area contributed by atoms with Crippen molar-refractivity contribution >= 4 is 30.8 Å². The molecule has 8 heteroatoms. The molecule has 0 amide bonds. The fourth-order valence-corrected chi connectivity index (χ4v) is 4.58. The highest BCUT2D eigenvalue weighted by Gasteiger charge is 2.28. The van der Waals surface area contributed by atoms with E-state index in [0.717, 1.165) is 11.6 Å². The van der Waals surface area contributed by atoms with Gasteiger partial charge >= 0.3 is 0 Å². The van der Waals surface area contributed by atoms with E-state index in [4.69, 9.17) is 4.42 Å². The van der Waals surface area contributed by atoms with Crippen LogP contribution in [0.2, 0.25) is 0 Å². The molecule has 2 aromatic carbocycles. The molecule has 0 bridgehead atoms. The number of sulfone groups is 1. The van der Waals surface area contributed by atoms with E-state index in [-0.39, 0.29) is 9.79 Å². The van der Waals surface area contributed by atoms with E-state index in [1.165, 1.54) is 35.6 Å². The van der Waals surface area contributed by atoms with Crippen molar-refractivity contribution in [2.75, 3.05) is 13.3 Å². The number of rotatable bonds is 5. The second-order valence-electron chi connectivity index (χ2n) is 6.13. The highest BCUT2D eigenvalue weighted by atomic mass is 32.2. The Morgan fingerprint density at radius 2 is 1.50 bits per heavy atom. The van der Waals surface area contributed by atoms with Crippen LogP contribution in [0.3, 0.4) is 0 Å². The van der Waals surface area contributed by atoms with Crippen LogP contribution < -0.4 is 0 Å². The summed E-state index contributed by atoms with van der Waals surface area (Å²) in [6.07, 6.45) is 1.08. The zero-order valence-electron chi connectivity index (χ0n) is 14.6. The molecular weight excluding hydrogens is 374 g/mol. The fraction of sp³-hybridized carbons (Fsp3) is 0.222. The Kier molecular flexibility index (Phi) is 4.68. The third-order valence-corrected chi connectivity index (χ3v) is 7.40. The molecule has 0 radical (unpaired) electrons. The standard InChI is InChI=1S/C18H19NO5S2/c1-13(18-12-14-6-4-5-7-17(14)24-18)19(2)26(22,23)16-10-8-15(9-11-16)25(3,20)21/h4-13H,1-3H3. The van der Waals surface area contributed by atoms with Gasteiger partial charge in [0.25, 0.3) is 0 Å². The highest BCUT2D eigenvalue weighted by molar-refractivity contribution is 7.90. The summed E-state index contributed by atoms with van der Waals surface area (Å²) >= 11 is 0. The Balaban J connectivity index is 1.93. The number of furan rings is 1. The number of nitrogens with zero attached hydrogens (tertiary/aromatic N) is 1. The first kappa shape index (κ1) is 18.6. The maximum Gasteiger partial charge on any atom is 0.243 e. The van der Waals surface area contributed by atoms with Gasteiger partial charge in [0.05, 0.1) is 15.8 Å². The van der Waals surface area contributed by atoms with Crippen molar-refractivity contribution in [1.29, 1.82) is 0 Å². The summed E-state index contributed by atoms with van der Waals surface area (Å²) < 4.78 is 55.8. The predicted octanol–water partition coefficient (Wildman–Crippen LogP) is 3.22. The monoisotopic (exact) mass is 393 g/mol. The molecule has 1 aromatic heterocycles. The molecule has 1 atom stereocenters. The molecule has 0 aliphatic heterocycles. The minimum Gasteiger partial charge on any atom is -0.459 e. The summed E-state index contributed by atoms with van der Waals surface area (Å²) in [6, 6.07) is 13.9. The predicted molar refractivity (Wildman–Crippen MR) is 99.1 cm³/mol. The van der Waals surface area contributed by atoms with E-state index in [9.17, 15) is 16.8 Å². The van der Waals surface area contributed by atoms with Crippen molar-refractivity contribution in [2.24, 2.45) is 0 Å². The Morgan fingerprint density at radius 1 is 0.923 bits per heavy atom. The van der Waals surface area contributed by atoms with E-state index in [1.807, 2.05) is 30.3 Å². The number of para-hydroxylation sites is 1. The first-order valence-electron chi connectivity index (χ1n) is 7.87. The molecule has 26 heavy (non-hydrogen) atoms. The molecule has 0 fully saturated rings. The molecule has 6 nitrogen and oxygen atoms in total. The van der Waals surface area contributed by atoms with E-state index in [1.54, 1.807) is 6.92 Å². The molecule has 0 aliphatic carbocycles. The third kappa shape index (κ3) is 3.40. The molecule has 0 aliphatic rings. The first-order valence-corrected chi connectivity index (χ1v) is 11.2. The minimum absolute atomic E-state index is 0.0235. The van der Waals surface area contributed by atoms with Crippen molar-refractivity contribution in [3.05, 3.63) is 60.4 Å². The summed E-state index contributed by atoms with van der Waals surface area (Å²) in [5.41, 5.74) is 0.692. The van der Waals surface area contributed by atoms with Gasteiger partial charge in [0, 0.05) is 18.7 Å². The second-order valence-corrected chi connectivity index (χ2v) is 10.1. The fourth-order valence-electron chi connectivity index (χ4n) is 2.62. The molecule has 138 valence electrons. The summed E-state index contributed by atoms with van der Waals surface area (Å²) in [5.74, 6) is 0.532. The largest absolute Gasteiger partial charge is 0.459 e. The lowest BCUT2D eigenvalue weighted by molar-refractivity contribution is 0.348. The van der Waals surface area contributed by atoms with Gasteiger partial charge in [0.2, 0.25) is 10.0 Å². The number of fused-ring (bicyclic) bond motifs is 1. The summed E-state index contributed by atoms with van der Waals surface area (Å²) in [6.45, 7) is 1.74. The number of hydrogen-bond acceptors (Lipinski definition) is 5. The molecule has 0 saturated heterocycles. The lowest BCUT2D eigenvalue weighted by atomic mass is 10.2. The van der Waals surface area contributed by atoms with Crippen LogP contribution in [-0.4, -0.2) is 34.4 Å². The van der Waals surface area contributed by atoms with Crippen LogP contribution in [0.15, 0.2) is 68.8 Å². The molecule has 0 saturated carbocycles. The molecule has 0 spiro atoms. The van der Waals surface area contributed by atoms with Gasteiger partial charge in [-0.3, -0.25) is 0 Å². The number of sulfonamides is 1. The highest BCUT2D eigenvalue weighted by Crippen LogP contribution is 2.30. The SMILES string of the molecule is CC(c1cc2ccccc2o1)N(C)S(=O)(=O)c1ccc(S(C)(=O)=O)cc1. The lowest BCUT2D eigenvalue weighted by Crippen LogP contribution is -2.29. The van der Waals surface area contributed by atoms with Crippen LogP contribution in [0.25, 0.3) is 11.0 Å². The average molecular weight is 393 g/mol. The van der Waals surface area contributed by atoms with Gasteiger partial charge in [-0.15, -0.1) is 0 Å². The van der Waals surface area contributed by atoms with E-state index in [2.05, 4.69) is 0 Å². The molecule has 3 aromatic rings. The third-order valence-electron chi connectivity index (χ3n) is 4.33. The van der Waals surface area contributed by atoms with Gasteiger partial charge < -0.3 is 4.42 Å². The minimum atomic E-state index is -3.81. The van der Waals surface area contributed by atoms with Crippen molar-refractivity contribution in [3.8, 4) is 0 Å². The Labute approximate surface area is 153 Å². The zero-order valence-corrected chi connectivity index (χ0v) is 16.2. The van der Waals surface area contributed by atoms with Crippen molar-refractivity contribution < 1.29 is 21.3 Å². The van der Waals surface area contributed by atoms with Gasteiger partial charge in [-0.05, 0) is 43.3 Å². The summed E-state index contributed by atoms with van der Waals surface area (Å²) in [4.78, 5) is 0.0970. The molecule has 0 N–H and O–H groups in total. The van der Waals surface area contributed by atoms with Crippen LogP contribution in [0.1, 0.15) is 18.7 Å². The topological polar surface area (TPSA) is 84.7 Å². The van der Waals surface area contributed by atoms with E-state index in [0.29, 0.717) is 11.3 Å². The van der Waals surface area contributed by atoms with Crippen LogP contribution in [0.4, 0.5) is 0 Å². The van der Waals surface area contributed by atoms with Gasteiger partial charge in [-0.2, -0.15) is 4.31 Å². The van der Waals surface area contributed by atoms with Crippen LogP contribution in [0, 0.1) is 0 Å². The van der Waals surface area contributed by atoms with Gasteiger partial charge in [0.1, 0.15) is 11.3 Å². The Morgan fingerprint density at radius 3 is 2.08 bits per heavy atom. The average Bonchev–Trinajstić information content (AvgIpc) is 3.04. The van der Waals surface area contributed by atoms with Crippen LogP contribution >= 0.6 is 0 Å². The zero-order chi connectivity index (χ0) is 19.1. The Hall–Kier alpha value is -2.16.